The van der Waals surface area contributed by atoms with E-state index in [4.69, 9.17) is 14.6 Å². The van der Waals surface area contributed by atoms with Crippen molar-refractivity contribution in [1.29, 1.82) is 0 Å². The van der Waals surface area contributed by atoms with Gasteiger partial charge in [-0.3, -0.25) is 0 Å². The fourth-order valence-electron chi connectivity index (χ4n) is 1.53. The van der Waals surface area contributed by atoms with Gasteiger partial charge in [0, 0.05) is 0 Å². The van der Waals surface area contributed by atoms with E-state index in [9.17, 15) is 9.59 Å². The Labute approximate surface area is 112 Å². The summed E-state index contributed by atoms with van der Waals surface area (Å²) in [5.74, 6) is -0.365. The van der Waals surface area contributed by atoms with Crippen LogP contribution >= 0.6 is 0 Å². The molecule has 0 amide bonds. The van der Waals surface area contributed by atoms with Crippen molar-refractivity contribution >= 4 is 5.97 Å². The van der Waals surface area contributed by atoms with Crippen LogP contribution in [0.25, 0.3) is 0 Å². The van der Waals surface area contributed by atoms with Crippen molar-refractivity contribution in [2.45, 2.75) is 6.54 Å². The number of carboxylic acid groups (broad SMARTS) is 1. The van der Waals surface area contributed by atoms with Gasteiger partial charge in [0.25, 0.3) is 0 Å². The Morgan fingerprint density at radius 2 is 2.25 bits per heavy atom. The van der Waals surface area contributed by atoms with Crippen LogP contribution in [0.3, 0.4) is 0 Å². The molecule has 2 rings (SSSR count). The molecule has 0 atom stereocenters. The van der Waals surface area contributed by atoms with Gasteiger partial charge < -0.3 is 14.6 Å². The summed E-state index contributed by atoms with van der Waals surface area (Å²) in [5, 5.41) is 17.9. The third-order valence-corrected chi connectivity index (χ3v) is 2.50. The van der Waals surface area contributed by atoms with Crippen LogP contribution in [0.5, 0.6) is 11.5 Å². The summed E-state index contributed by atoms with van der Waals surface area (Å²) in [6.07, 6.45) is 0. The standard InChI is InChI=1S/C11H12N4O5/c1-19-9-6-7(10(16)17)2-3-8(9)20-5-4-15-11(18)12-13-14-15/h2-3,6H,4-5H2,1H3,(H,16,17)(H,12,14,18). The van der Waals surface area contributed by atoms with Crippen LogP contribution in [-0.4, -0.2) is 45.0 Å². The highest BCUT2D eigenvalue weighted by Crippen LogP contribution is 2.27. The molecule has 0 bridgehead atoms. The third kappa shape index (κ3) is 2.94. The lowest BCUT2D eigenvalue weighted by atomic mass is 10.2. The molecule has 20 heavy (non-hydrogen) atoms. The average molecular weight is 280 g/mol. The number of methoxy groups -OCH3 is 1. The molecule has 0 aliphatic rings. The van der Waals surface area contributed by atoms with E-state index in [1.54, 1.807) is 0 Å². The molecule has 1 aromatic carbocycles. The molecular formula is C11H12N4O5. The maximum atomic E-state index is 11.1. The molecule has 9 nitrogen and oxygen atoms in total. The van der Waals surface area contributed by atoms with Crippen LogP contribution in [0.15, 0.2) is 23.0 Å². The van der Waals surface area contributed by atoms with Gasteiger partial charge in [-0.2, -0.15) is 4.68 Å². The SMILES string of the molecule is COc1cc(C(=O)O)ccc1OCCn1nn[nH]c1=O. The van der Waals surface area contributed by atoms with Gasteiger partial charge >= 0.3 is 11.7 Å². The molecule has 1 aromatic heterocycles. The number of carbonyl (C=O) groups is 1. The van der Waals surface area contributed by atoms with Crippen molar-refractivity contribution in [3.05, 3.63) is 34.2 Å². The number of hydrogen-bond donors (Lipinski definition) is 2. The molecule has 0 radical (unpaired) electrons. The van der Waals surface area contributed by atoms with E-state index in [0.717, 1.165) is 4.68 Å². The molecule has 0 fully saturated rings. The number of nitrogens with one attached hydrogen (secondary N) is 1. The van der Waals surface area contributed by atoms with Crippen LogP contribution < -0.4 is 15.2 Å². The smallest absolute Gasteiger partial charge is 0.361 e. The summed E-state index contributed by atoms with van der Waals surface area (Å²) in [4.78, 5) is 22.0. The average Bonchev–Trinajstić information content (AvgIpc) is 2.84. The normalized spacial score (nSPS) is 10.2. The Balaban J connectivity index is 2.04. The maximum Gasteiger partial charge on any atom is 0.361 e. The van der Waals surface area contributed by atoms with Crippen LogP contribution in [0.2, 0.25) is 0 Å². The molecule has 2 N–H and O–H groups in total. The number of aromatic nitrogens is 4. The maximum absolute atomic E-state index is 11.1. The van der Waals surface area contributed by atoms with Crippen molar-refractivity contribution in [3.63, 3.8) is 0 Å². The molecular weight excluding hydrogens is 268 g/mol. The second-order valence-corrected chi connectivity index (χ2v) is 3.75. The number of hydrogen-bond acceptors (Lipinski definition) is 6. The molecule has 0 spiro atoms. The highest BCUT2D eigenvalue weighted by molar-refractivity contribution is 5.88. The summed E-state index contributed by atoms with van der Waals surface area (Å²) in [7, 11) is 1.41. The molecule has 2 aromatic rings. The van der Waals surface area contributed by atoms with Crippen molar-refractivity contribution in [1.82, 2.24) is 20.2 Å². The van der Waals surface area contributed by atoms with E-state index in [2.05, 4.69) is 15.5 Å². The summed E-state index contributed by atoms with van der Waals surface area (Å²) in [6.45, 7) is 0.369. The Kier molecular flexibility index (Phi) is 3.99. The lowest BCUT2D eigenvalue weighted by Gasteiger charge is -2.10. The molecule has 1 heterocycles. The Hall–Kier alpha value is -2.84. The van der Waals surface area contributed by atoms with E-state index < -0.39 is 11.7 Å². The molecule has 9 heteroatoms. The van der Waals surface area contributed by atoms with Gasteiger partial charge in [-0.15, -0.1) is 0 Å². The first-order valence-electron chi connectivity index (χ1n) is 5.64. The van der Waals surface area contributed by atoms with E-state index in [0.29, 0.717) is 11.5 Å². The zero-order valence-electron chi connectivity index (χ0n) is 10.6. The lowest BCUT2D eigenvalue weighted by molar-refractivity contribution is 0.0696. The zero-order chi connectivity index (χ0) is 14.5. The van der Waals surface area contributed by atoms with Crippen molar-refractivity contribution in [3.8, 4) is 11.5 Å². The fraction of sp³-hybridized carbons (Fsp3) is 0.273. The van der Waals surface area contributed by atoms with Crippen LogP contribution in [0, 0.1) is 0 Å². The van der Waals surface area contributed by atoms with Gasteiger partial charge in [0.2, 0.25) is 0 Å². The number of tetrazole rings is 1. The first-order valence-corrected chi connectivity index (χ1v) is 5.64. The summed E-state index contributed by atoms with van der Waals surface area (Å²) in [5.41, 5.74) is -0.330. The van der Waals surface area contributed by atoms with E-state index in [1.807, 2.05) is 0 Å². The summed E-state index contributed by atoms with van der Waals surface area (Å²) < 4.78 is 11.6. The molecule has 0 saturated carbocycles. The van der Waals surface area contributed by atoms with Gasteiger partial charge in [0.15, 0.2) is 11.5 Å². The van der Waals surface area contributed by atoms with Gasteiger partial charge in [0.05, 0.1) is 19.2 Å². The van der Waals surface area contributed by atoms with Crippen molar-refractivity contribution < 1.29 is 19.4 Å². The molecule has 106 valence electrons. The minimum atomic E-state index is -1.05. The molecule has 0 unspecified atom stereocenters. The minimum absolute atomic E-state index is 0.0990. The highest BCUT2D eigenvalue weighted by atomic mass is 16.5. The van der Waals surface area contributed by atoms with Crippen molar-refractivity contribution in [2.75, 3.05) is 13.7 Å². The molecule has 0 aliphatic carbocycles. The van der Waals surface area contributed by atoms with Gasteiger partial charge in [-0.25, -0.2) is 14.7 Å². The second-order valence-electron chi connectivity index (χ2n) is 3.75. The van der Waals surface area contributed by atoms with Gasteiger partial charge in [-0.1, -0.05) is 0 Å². The lowest BCUT2D eigenvalue weighted by Crippen LogP contribution is -2.21. The number of H-pyrrole nitrogens is 1. The van der Waals surface area contributed by atoms with Gasteiger partial charge in [0.1, 0.15) is 6.61 Å². The first-order chi connectivity index (χ1) is 9.61. The Morgan fingerprint density at radius 1 is 1.45 bits per heavy atom. The first kappa shape index (κ1) is 13.6. The number of aromatic carboxylic acids is 1. The van der Waals surface area contributed by atoms with Crippen LogP contribution in [0.4, 0.5) is 0 Å². The summed E-state index contributed by atoms with van der Waals surface area (Å²) in [6, 6.07) is 4.26. The monoisotopic (exact) mass is 280 g/mol. The van der Waals surface area contributed by atoms with Crippen LogP contribution in [0.1, 0.15) is 10.4 Å². The second kappa shape index (κ2) is 5.87. The largest absolute Gasteiger partial charge is 0.493 e. The molecule has 0 saturated heterocycles. The number of nitrogens with zero attached hydrogens (tertiary/aromatic N) is 3. The number of ether oxygens (including phenoxy) is 2. The van der Waals surface area contributed by atoms with E-state index >= 15 is 0 Å². The number of rotatable bonds is 6. The summed E-state index contributed by atoms with van der Waals surface area (Å²) >= 11 is 0. The minimum Gasteiger partial charge on any atom is -0.493 e. The Bertz CT molecular complexity index is 663. The number of aromatic amines is 1. The Morgan fingerprint density at radius 3 is 2.85 bits per heavy atom. The van der Waals surface area contributed by atoms with Gasteiger partial charge in [-0.05, 0) is 28.6 Å². The van der Waals surface area contributed by atoms with Crippen molar-refractivity contribution in [2.24, 2.45) is 0 Å². The topological polar surface area (TPSA) is 119 Å². The molecule has 0 aliphatic heterocycles. The van der Waals surface area contributed by atoms with Crippen LogP contribution in [-0.2, 0) is 6.54 Å². The van der Waals surface area contributed by atoms with E-state index in [1.165, 1.54) is 25.3 Å². The predicted octanol–water partition coefficient (Wildman–Crippen LogP) is -0.248. The van der Waals surface area contributed by atoms with E-state index in [-0.39, 0.29) is 18.7 Å². The zero-order valence-corrected chi connectivity index (χ0v) is 10.6. The fourth-order valence-corrected chi connectivity index (χ4v) is 1.53. The quantitative estimate of drug-likeness (QED) is 0.748. The number of carboxylic acids is 1. The third-order valence-electron chi connectivity index (χ3n) is 2.50. The highest BCUT2D eigenvalue weighted by Gasteiger charge is 2.10. The number of benzene rings is 1. The predicted molar refractivity (Wildman–Crippen MR) is 66.1 cm³/mol.